The van der Waals surface area contributed by atoms with Gasteiger partial charge in [-0.15, -0.1) is 6.58 Å². The van der Waals surface area contributed by atoms with Crippen LogP contribution in [0.15, 0.2) is 36.9 Å². The van der Waals surface area contributed by atoms with E-state index >= 15 is 0 Å². The largest absolute Gasteiger partial charge is 0.352 e. The number of carbonyl (C=O) groups excluding carboxylic acids is 1. The van der Waals surface area contributed by atoms with E-state index in [1.165, 1.54) is 5.56 Å². The van der Waals surface area contributed by atoms with Crippen molar-refractivity contribution in [2.24, 2.45) is 0 Å². The highest BCUT2D eigenvalue weighted by atomic mass is 32.2. The summed E-state index contributed by atoms with van der Waals surface area (Å²) in [5.74, 6) is -0.123. The second kappa shape index (κ2) is 7.57. The van der Waals surface area contributed by atoms with Crippen LogP contribution in [-0.4, -0.2) is 17.7 Å². The number of rotatable bonds is 6. The topological polar surface area (TPSA) is 52.9 Å². The van der Waals surface area contributed by atoms with Gasteiger partial charge in [-0.3, -0.25) is 4.79 Å². The number of nitriles is 1. The lowest BCUT2D eigenvalue weighted by Crippen LogP contribution is -2.33. The maximum absolute atomic E-state index is 11.8. The van der Waals surface area contributed by atoms with Gasteiger partial charge in [0.25, 0.3) is 0 Å². The van der Waals surface area contributed by atoms with Crippen LogP contribution in [0, 0.1) is 17.6 Å². The average molecular weight is 260 g/mol. The van der Waals surface area contributed by atoms with Crippen molar-refractivity contribution < 1.29 is 4.79 Å². The summed E-state index contributed by atoms with van der Waals surface area (Å²) < 4.78 is 0. The Labute approximate surface area is 112 Å². The van der Waals surface area contributed by atoms with E-state index in [0.717, 1.165) is 17.3 Å². The Morgan fingerprint density at radius 1 is 1.56 bits per heavy atom. The monoisotopic (exact) mass is 260 g/mol. The number of hydrogen-bond acceptors (Lipinski definition) is 3. The van der Waals surface area contributed by atoms with Gasteiger partial charge in [-0.1, -0.05) is 35.9 Å². The number of amides is 1. The molecule has 94 valence electrons. The van der Waals surface area contributed by atoms with Gasteiger partial charge >= 0.3 is 0 Å². The molecule has 0 aliphatic rings. The van der Waals surface area contributed by atoms with Gasteiger partial charge < -0.3 is 5.32 Å². The lowest BCUT2D eigenvalue weighted by Gasteiger charge is -2.12. The lowest BCUT2D eigenvalue weighted by molar-refractivity contribution is -0.120. The van der Waals surface area contributed by atoms with Crippen LogP contribution in [0.5, 0.6) is 0 Å². The Morgan fingerprint density at radius 3 is 2.78 bits per heavy atom. The van der Waals surface area contributed by atoms with Crippen molar-refractivity contribution >= 4 is 17.7 Å². The van der Waals surface area contributed by atoms with E-state index in [2.05, 4.69) is 11.9 Å². The summed E-state index contributed by atoms with van der Waals surface area (Å²) in [5, 5.41) is 13.1. The summed E-state index contributed by atoms with van der Waals surface area (Å²) in [6.45, 7) is 5.99. The van der Waals surface area contributed by atoms with Gasteiger partial charge in [-0.25, -0.2) is 0 Å². The van der Waals surface area contributed by atoms with Crippen LogP contribution in [0.4, 0.5) is 0 Å². The van der Waals surface area contributed by atoms with Gasteiger partial charge in [0.15, 0.2) is 0 Å². The Bertz CT molecular complexity index is 448. The molecule has 3 nitrogen and oxygen atoms in total. The lowest BCUT2D eigenvalue weighted by atomic mass is 10.1. The smallest absolute Gasteiger partial charge is 0.234 e. The Hall–Kier alpha value is -1.73. The van der Waals surface area contributed by atoms with Crippen molar-refractivity contribution in [2.75, 3.05) is 6.54 Å². The molecule has 0 aliphatic carbocycles. The fourth-order valence-electron chi connectivity index (χ4n) is 1.48. The van der Waals surface area contributed by atoms with E-state index in [9.17, 15) is 4.79 Å². The van der Waals surface area contributed by atoms with E-state index in [1.54, 1.807) is 6.08 Å². The molecule has 0 saturated heterocycles. The second-order valence-electron chi connectivity index (χ2n) is 3.92. The van der Waals surface area contributed by atoms with Gasteiger partial charge in [-0.05, 0) is 30.7 Å². The second-order valence-corrected chi connectivity index (χ2v) is 4.91. The standard InChI is InChI=1S/C14H16N2OS/c1-3-8-16-14(17)13(18-10-15)9-12-6-4-11(2)5-7-12/h3-7,13H,1,8-9H2,2H3,(H,16,17). The van der Waals surface area contributed by atoms with Gasteiger partial charge in [0.05, 0.1) is 0 Å². The van der Waals surface area contributed by atoms with Crippen molar-refractivity contribution in [3.63, 3.8) is 0 Å². The van der Waals surface area contributed by atoms with Gasteiger partial charge in [0.2, 0.25) is 5.91 Å². The minimum atomic E-state index is -0.377. The minimum Gasteiger partial charge on any atom is -0.352 e. The number of thioether (sulfide) groups is 1. The summed E-state index contributed by atoms with van der Waals surface area (Å²) in [6, 6.07) is 7.98. The van der Waals surface area contributed by atoms with Crippen LogP contribution in [0.25, 0.3) is 0 Å². The molecule has 1 aromatic carbocycles. The molecule has 18 heavy (non-hydrogen) atoms. The molecule has 4 heteroatoms. The van der Waals surface area contributed by atoms with Crippen LogP contribution in [0.1, 0.15) is 11.1 Å². The van der Waals surface area contributed by atoms with Crippen LogP contribution in [0.2, 0.25) is 0 Å². The number of hydrogen-bond donors (Lipinski definition) is 1. The van der Waals surface area contributed by atoms with E-state index in [-0.39, 0.29) is 11.2 Å². The molecule has 0 bridgehead atoms. The molecule has 0 saturated carbocycles. The van der Waals surface area contributed by atoms with E-state index < -0.39 is 0 Å². The molecule has 0 radical (unpaired) electrons. The predicted octanol–water partition coefficient (Wildman–Crippen LogP) is 2.42. The molecule has 1 rings (SSSR count). The molecular formula is C14H16N2OS. The molecule has 0 aromatic heterocycles. The first-order chi connectivity index (χ1) is 8.67. The van der Waals surface area contributed by atoms with Crippen molar-refractivity contribution in [3.8, 4) is 5.40 Å². The van der Waals surface area contributed by atoms with Crippen LogP contribution >= 0.6 is 11.8 Å². The van der Waals surface area contributed by atoms with Crippen molar-refractivity contribution in [3.05, 3.63) is 48.0 Å². The van der Waals surface area contributed by atoms with Gasteiger partial charge in [0, 0.05) is 6.54 Å². The summed E-state index contributed by atoms with van der Waals surface area (Å²) in [4.78, 5) is 11.8. The number of thiocyanates is 1. The Balaban J connectivity index is 2.67. The molecular weight excluding hydrogens is 244 g/mol. The molecule has 1 aromatic rings. The summed E-state index contributed by atoms with van der Waals surface area (Å²) in [5.41, 5.74) is 2.24. The highest BCUT2D eigenvalue weighted by Gasteiger charge is 2.19. The molecule has 1 amide bonds. The first-order valence-electron chi connectivity index (χ1n) is 5.66. The number of nitrogens with one attached hydrogen (secondary N) is 1. The number of aryl methyl sites for hydroxylation is 1. The quantitative estimate of drug-likeness (QED) is 0.631. The van der Waals surface area contributed by atoms with E-state index in [0.29, 0.717) is 13.0 Å². The summed E-state index contributed by atoms with van der Waals surface area (Å²) >= 11 is 0.993. The first-order valence-corrected chi connectivity index (χ1v) is 6.54. The fourth-order valence-corrected chi connectivity index (χ4v) is 2.07. The van der Waals surface area contributed by atoms with Gasteiger partial charge in [0.1, 0.15) is 10.7 Å². The Kier molecular flexibility index (Phi) is 6.03. The highest BCUT2D eigenvalue weighted by molar-refractivity contribution is 8.04. The fraction of sp³-hybridized carbons (Fsp3) is 0.286. The van der Waals surface area contributed by atoms with Crippen LogP contribution < -0.4 is 5.32 Å². The van der Waals surface area contributed by atoms with Crippen LogP contribution in [-0.2, 0) is 11.2 Å². The Morgan fingerprint density at radius 2 is 2.22 bits per heavy atom. The van der Waals surface area contributed by atoms with Crippen molar-refractivity contribution in [1.29, 1.82) is 5.26 Å². The molecule has 1 unspecified atom stereocenters. The SMILES string of the molecule is C=CCNC(=O)C(Cc1ccc(C)cc1)SC#N. The zero-order chi connectivity index (χ0) is 13.4. The number of benzene rings is 1. The average Bonchev–Trinajstić information content (AvgIpc) is 2.38. The number of carbonyl (C=O) groups is 1. The van der Waals surface area contributed by atoms with Crippen molar-refractivity contribution in [1.82, 2.24) is 5.32 Å². The van der Waals surface area contributed by atoms with Gasteiger partial charge in [-0.2, -0.15) is 5.26 Å². The molecule has 1 atom stereocenters. The van der Waals surface area contributed by atoms with E-state index in [1.807, 2.05) is 36.6 Å². The molecule has 0 heterocycles. The number of nitrogens with zero attached hydrogens (tertiary/aromatic N) is 1. The predicted molar refractivity (Wildman–Crippen MR) is 75.1 cm³/mol. The zero-order valence-electron chi connectivity index (χ0n) is 10.3. The first kappa shape index (κ1) is 14.3. The molecule has 1 N–H and O–H groups in total. The third-order valence-electron chi connectivity index (χ3n) is 2.45. The zero-order valence-corrected chi connectivity index (χ0v) is 11.2. The van der Waals surface area contributed by atoms with Crippen LogP contribution in [0.3, 0.4) is 0 Å². The van der Waals surface area contributed by atoms with Crippen molar-refractivity contribution in [2.45, 2.75) is 18.6 Å². The summed E-state index contributed by atoms with van der Waals surface area (Å²) in [6.07, 6.45) is 2.18. The molecule has 0 aliphatic heterocycles. The summed E-state index contributed by atoms with van der Waals surface area (Å²) in [7, 11) is 0. The highest BCUT2D eigenvalue weighted by Crippen LogP contribution is 2.16. The molecule has 0 fully saturated rings. The third-order valence-corrected chi connectivity index (χ3v) is 3.22. The van der Waals surface area contributed by atoms with E-state index in [4.69, 9.17) is 5.26 Å². The minimum absolute atomic E-state index is 0.123. The maximum atomic E-state index is 11.8. The third kappa shape index (κ3) is 4.64. The normalized spacial score (nSPS) is 11.3. The molecule has 0 spiro atoms. The maximum Gasteiger partial charge on any atom is 0.234 e.